The summed E-state index contributed by atoms with van der Waals surface area (Å²) in [6.07, 6.45) is -1.08. The van der Waals surface area contributed by atoms with E-state index < -0.39 is 18.0 Å². The van der Waals surface area contributed by atoms with Gasteiger partial charge in [0.05, 0.1) is 37.7 Å². The van der Waals surface area contributed by atoms with Crippen LogP contribution in [0.5, 0.6) is 0 Å². The Morgan fingerprint density at radius 2 is 1.76 bits per heavy atom. The zero-order valence-corrected chi connectivity index (χ0v) is 20.3. The summed E-state index contributed by atoms with van der Waals surface area (Å²) < 4.78 is 25.6. The summed E-state index contributed by atoms with van der Waals surface area (Å²) in [6, 6.07) is 17.9. The van der Waals surface area contributed by atoms with Crippen LogP contribution in [0.3, 0.4) is 0 Å². The minimum Gasteiger partial charge on any atom is -0.442 e. The molecule has 0 bridgehead atoms. The highest BCUT2D eigenvalue weighted by Gasteiger charge is 2.35. The molecule has 0 spiro atoms. The van der Waals surface area contributed by atoms with Crippen molar-refractivity contribution in [2.45, 2.75) is 18.9 Å². The number of nitrogens with zero attached hydrogens (tertiary/aromatic N) is 2. The molecule has 0 saturated carbocycles. The van der Waals surface area contributed by atoms with Gasteiger partial charge in [-0.05, 0) is 29.0 Å². The van der Waals surface area contributed by atoms with Crippen LogP contribution in [0.2, 0.25) is 0 Å². The number of para-hydroxylation sites is 1. The predicted octanol–water partition coefficient (Wildman–Crippen LogP) is 3.92. The number of halogens is 1. The van der Waals surface area contributed by atoms with E-state index in [0.29, 0.717) is 43.2 Å². The van der Waals surface area contributed by atoms with Crippen LogP contribution in [-0.2, 0) is 14.3 Å². The van der Waals surface area contributed by atoms with Gasteiger partial charge in [0.2, 0.25) is 5.91 Å². The molecule has 2 heterocycles. The lowest BCUT2D eigenvalue weighted by Crippen LogP contribution is -2.39. The Balaban J connectivity index is 1.15. The molecule has 37 heavy (non-hydrogen) atoms. The molecule has 3 aromatic carbocycles. The van der Waals surface area contributed by atoms with E-state index >= 15 is 0 Å². The van der Waals surface area contributed by atoms with Crippen molar-refractivity contribution in [3.05, 3.63) is 72.0 Å². The molecule has 0 radical (unpaired) electrons. The number of hydrogen-bond acceptors (Lipinski definition) is 6. The highest BCUT2D eigenvalue weighted by molar-refractivity contribution is 6.01. The monoisotopic (exact) mass is 505 g/mol. The van der Waals surface area contributed by atoms with Gasteiger partial charge in [-0.25, -0.2) is 9.18 Å². The molecule has 2 amide bonds. The lowest BCUT2D eigenvalue weighted by atomic mass is 10.0. The molecule has 8 nitrogen and oxygen atoms in total. The number of cyclic esters (lactones) is 1. The minimum atomic E-state index is -0.592. The van der Waals surface area contributed by atoms with Crippen LogP contribution in [0.25, 0.3) is 10.8 Å². The molecule has 1 atom stereocenters. The van der Waals surface area contributed by atoms with Crippen LogP contribution < -0.4 is 15.1 Å². The molecule has 0 aromatic heterocycles. The third kappa shape index (κ3) is 5.56. The molecule has 0 aliphatic carbocycles. The van der Waals surface area contributed by atoms with Crippen molar-refractivity contribution in [2.75, 3.05) is 49.2 Å². The highest BCUT2D eigenvalue weighted by atomic mass is 19.1. The summed E-state index contributed by atoms with van der Waals surface area (Å²) in [5.74, 6) is -0.829. The number of rotatable bonds is 8. The summed E-state index contributed by atoms with van der Waals surface area (Å²) in [5, 5.41) is 4.77. The number of carbonyl (C=O) groups is 3. The summed E-state index contributed by atoms with van der Waals surface area (Å²) in [6.45, 7) is 2.29. The van der Waals surface area contributed by atoms with E-state index in [4.69, 9.17) is 9.47 Å². The zero-order valence-electron chi connectivity index (χ0n) is 20.3. The van der Waals surface area contributed by atoms with Crippen molar-refractivity contribution in [3.63, 3.8) is 0 Å². The molecule has 3 aromatic rings. The molecule has 5 rings (SSSR count). The van der Waals surface area contributed by atoms with Gasteiger partial charge in [-0.15, -0.1) is 0 Å². The first-order valence-corrected chi connectivity index (χ1v) is 12.4. The lowest BCUT2D eigenvalue weighted by Gasteiger charge is -2.32. The summed E-state index contributed by atoms with van der Waals surface area (Å²) in [5.41, 5.74) is 1.35. The van der Waals surface area contributed by atoms with Crippen molar-refractivity contribution < 1.29 is 28.2 Å². The molecule has 2 fully saturated rings. The van der Waals surface area contributed by atoms with Crippen LogP contribution in [0, 0.1) is 5.82 Å². The average Bonchev–Trinajstić information content (AvgIpc) is 3.30. The average molecular weight is 506 g/mol. The van der Waals surface area contributed by atoms with Gasteiger partial charge in [-0.1, -0.05) is 42.5 Å². The van der Waals surface area contributed by atoms with Gasteiger partial charge in [-0.3, -0.25) is 14.5 Å². The van der Waals surface area contributed by atoms with Crippen molar-refractivity contribution in [3.8, 4) is 0 Å². The number of hydrogen-bond donors (Lipinski definition) is 1. The number of morpholine rings is 1. The van der Waals surface area contributed by atoms with Crippen LogP contribution in [0.1, 0.15) is 23.2 Å². The number of ketones is 1. The summed E-state index contributed by atoms with van der Waals surface area (Å²) in [4.78, 5) is 40.9. The molecular formula is C28H28FN3O5. The van der Waals surface area contributed by atoms with E-state index in [1.165, 1.54) is 11.0 Å². The summed E-state index contributed by atoms with van der Waals surface area (Å²) in [7, 11) is 0. The van der Waals surface area contributed by atoms with Crippen molar-refractivity contribution in [1.29, 1.82) is 0 Å². The van der Waals surface area contributed by atoms with Gasteiger partial charge >= 0.3 is 6.09 Å². The fraction of sp³-hybridized carbons (Fsp3) is 0.321. The quantitative estimate of drug-likeness (QED) is 0.467. The van der Waals surface area contributed by atoms with Gasteiger partial charge in [0, 0.05) is 31.5 Å². The van der Waals surface area contributed by atoms with Crippen LogP contribution in [-0.4, -0.2) is 63.3 Å². The predicted molar refractivity (Wildman–Crippen MR) is 138 cm³/mol. The first-order chi connectivity index (χ1) is 18.0. The molecule has 2 aliphatic heterocycles. The second kappa shape index (κ2) is 11.0. The van der Waals surface area contributed by atoms with Crippen molar-refractivity contribution in [1.82, 2.24) is 5.32 Å². The van der Waals surface area contributed by atoms with Crippen LogP contribution >= 0.6 is 0 Å². The topological polar surface area (TPSA) is 88.2 Å². The normalized spacial score (nSPS) is 17.6. The maximum atomic E-state index is 14.8. The van der Waals surface area contributed by atoms with Gasteiger partial charge < -0.3 is 19.7 Å². The van der Waals surface area contributed by atoms with Gasteiger partial charge in [0.15, 0.2) is 5.78 Å². The van der Waals surface area contributed by atoms with E-state index in [1.807, 2.05) is 41.3 Å². The lowest BCUT2D eigenvalue weighted by molar-refractivity contribution is -0.121. The van der Waals surface area contributed by atoms with E-state index in [2.05, 4.69) is 5.32 Å². The first-order valence-electron chi connectivity index (χ1n) is 12.4. The second-order valence-electron chi connectivity index (χ2n) is 9.11. The third-order valence-corrected chi connectivity index (χ3v) is 6.64. The fourth-order valence-electron chi connectivity index (χ4n) is 4.70. The molecule has 1 unspecified atom stereocenters. The number of nitrogens with one attached hydrogen (secondary N) is 1. The maximum Gasteiger partial charge on any atom is 0.414 e. The fourth-order valence-corrected chi connectivity index (χ4v) is 4.70. The number of anilines is 2. The van der Waals surface area contributed by atoms with Gasteiger partial charge in [-0.2, -0.15) is 0 Å². The van der Waals surface area contributed by atoms with Crippen molar-refractivity contribution >= 4 is 39.9 Å². The Morgan fingerprint density at radius 3 is 2.57 bits per heavy atom. The van der Waals surface area contributed by atoms with Gasteiger partial charge in [0.25, 0.3) is 0 Å². The molecule has 1 N–H and O–H groups in total. The number of ether oxygens (including phenoxy) is 2. The largest absolute Gasteiger partial charge is 0.442 e. The first kappa shape index (κ1) is 24.7. The Labute approximate surface area is 213 Å². The molecule has 192 valence electrons. The standard InChI is InChI=1S/C28H28FN3O5/c29-23-6-3-7-24(27(23)31-12-14-36-15-13-31)32-18-22(37-28(32)35)17-30-26(34)11-10-25(33)21-9-8-19-4-1-2-5-20(19)16-21/h1-9,16,22H,10-15,17-18H2,(H,30,34). The van der Waals surface area contributed by atoms with E-state index in [9.17, 15) is 18.8 Å². The van der Waals surface area contributed by atoms with Crippen LogP contribution in [0.15, 0.2) is 60.7 Å². The number of benzene rings is 3. The third-order valence-electron chi connectivity index (χ3n) is 6.64. The maximum absolute atomic E-state index is 14.8. The Hall–Kier alpha value is -3.98. The smallest absolute Gasteiger partial charge is 0.414 e. The highest BCUT2D eigenvalue weighted by Crippen LogP contribution is 2.35. The molecule has 2 saturated heterocycles. The Kier molecular flexibility index (Phi) is 7.32. The SMILES string of the molecule is O=C(CCC(=O)c1ccc2ccccc2c1)NCC1CN(c2cccc(F)c2N2CCOCC2)C(=O)O1. The van der Waals surface area contributed by atoms with Gasteiger partial charge in [0.1, 0.15) is 11.9 Å². The van der Waals surface area contributed by atoms with Crippen LogP contribution in [0.4, 0.5) is 20.6 Å². The Morgan fingerprint density at radius 1 is 0.973 bits per heavy atom. The van der Waals surface area contributed by atoms with E-state index in [1.54, 1.807) is 18.2 Å². The molecule has 2 aliphatic rings. The summed E-state index contributed by atoms with van der Waals surface area (Å²) >= 11 is 0. The Bertz CT molecular complexity index is 1320. The van der Waals surface area contributed by atoms with E-state index in [-0.39, 0.29) is 37.6 Å². The minimum absolute atomic E-state index is 0.0289. The number of amides is 2. The molecule has 9 heteroatoms. The number of Topliss-reactive ketones (excluding diaryl/α,β-unsaturated/α-hetero) is 1. The zero-order chi connectivity index (χ0) is 25.8. The van der Waals surface area contributed by atoms with E-state index in [0.717, 1.165) is 10.8 Å². The molecular weight excluding hydrogens is 477 g/mol. The van der Waals surface area contributed by atoms with Crippen molar-refractivity contribution in [2.24, 2.45) is 0 Å². The number of carbonyl (C=O) groups excluding carboxylic acids is 3. The number of fused-ring (bicyclic) bond motifs is 1. The second-order valence-corrected chi connectivity index (χ2v) is 9.11.